The molecule has 0 atom stereocenters. The van der Waals surface area contributed by atoms with Crippen molar-refractivity contribution in [3.8, 4) is 0 Å². The Morgan fingerprint density at radius 2 is 0.955 bits per heavy atom. The van der Waals surface area contributed by atoms with E-state index in [9.17, 15) is 0 Å². The topological polar surface area (TPSA) is 0 Å². The van der Waals surface area contributed by atoms with Gasteiger partial charge in [0.05, 0.1) is 0 Å². The second-order valence-electron chi connectivity index (χ2n) is 5.52. The van der Waals surface area contributed by atoms with Crippen LogP contribution in [-0.2, 0) is 0 Å². The summed E-state index contributed by atoms with van der Waals surface area (Å²) in [6.07, 6.45) is -6.21. The Balaban J connectivity index is 5.85. The van der Waals surface area contributed by atoms with Crippen molar-refractivity contribution in [3.05, 3.63) is 0 Å². The minimum atomic E-state index is -0.850. The predicted molar refractivity (Wildman–Crippen MR) is 128 cm³/mol. The van der Waals surface area contributed by atoms with E-state index in [4.69, 9.17) is 89.4 Å². The molecule has 0 spiro atoms. The van der Waals surface area contributed by atoms with Crippen molar-refractivity contribution < 1.29 is 0 Å². The van der Waals surface area contributed by atoms with Crippen LogP contribution < -0.4 is 0 Å². The van der Waals surface area contributed by atoms with E-state index in [2.05, 4.69) is 0 Å². The fourth-order valence-electron chi connectivity index (χ4n) is 2.88. The van der Waals surface area contributed by atoms with E-state index in [1.165, 1.54) is 13.1 Å². The molecule has 0 amide bonds. The predicted octanol–water partition coefficient (Wildman–Crippen LogP) is -7.35. The van der Waals surface area contributed by atoms with Crippen molar-refractivity contribution in [2.75, 3.05) is 0 Å². The van der Waals surface area contributed by atoms with Crippen molar-refractivity contribution in [2.45, 2.75) is 0 Å². The van der Waals surface area contributed by atoms with Gasteiger partial charge in [-0.2, -0.15) is 0 Å². The Morgan fingerprint density at radius 3 is 1.18 bits per heavy atom. The summed E-state index contributed by atoms with van der Waals surface area (Å²) in [5, 5.41) is 0. The molecule has 0 unspecified atom stereocenters. The summed E-state index contributed by atoms with van der Waals surface area (Å²) in [6.45, 7) is 0. The molecule has 0 rings (SSSR count). The maximum atomic E-state index is 6.08. The number of hydrogen-bond donors (Lipinski definition) is 0. The zero-order chi connectivity index (χ0) is 17.6. The van der Waals surface area contributed by atoms with Gasteiger partial charge in [-0.25, -0.2) is 0 Å². The molecule has 69 valence electrons. The third kappa shape index (κ3) is 6.47. The Hall–Kier alpha value is 1.58. The number of rotatable bonds is 10. The maximum absolute atomic E-state index is 6.08. The molecule has 0 aromatic carbocycles. The molecule has 0 saturated heterocycles. The summed E-state index contributed by atoms with van der Waals surface area (Å²) in [5.41, 5.74) is 0. The standard InChI is InChI=1S/B21S/c1-11-17(10)21(20(15(6)7)16(8)9)18(12-22)19(13(2)3)14(4)5. The van der Waals surface area contributed by atoms with Crippen molar-refractivity contribution in [2.24, 2.45) is 0 Å². The molecule has 0 aliphatic rings. The van der Waals surface area contributed by atoms with E-state index in [1.807, 2.05) is 0 Å². The monoisotopic (exact) mass is 263 g/mol. The van der Waals surface area contributed by atoms with Crippen LogP contribution in [0.1, 0.15) is 0 Å². The van der Waals surface area contributed by atoms with Crippen LogP contribution in [0.25, 0.3) is 0 Å². The summed E-state index contributed by atoms with van der Waals surface area (Å²) in [7, 11) is 59.3. The molecular formula is B21S. The molecule has 0 heterocycles. The third-order valence-corrected chi connectivity index (χ3v) is 4.25. The fraction of sp³-hybridized carbons (Fsp3) is 0. The summed E-state index contributed by atoms with van der Waals surface area (Å²) in [4.78, 5) is 0. The first kappa shape index (κ1) is 23.6. The molecule has 0 aliphatic heterocycles. The normalized spacial score (nSPS) is 8.91. The summed E-state index contributed by atoms with van der Waals surface area (Å²) in [6, 6.07) is 1.44. The fourth-order valence-corrected chi connectivity index (χ4v) is 3.24. The Bertz CT molecular complexity index is 287. The van der Waals surface area contributed by atoms with Gasteiger partial charge in [0, 0.05) is 0 Å². The van der Waals surface area contributed by atoms with E-state index < -0.39 is 57.5 Å². The van der Waals surface area contributed by atoms with Gasteiger partial charge in [-0.15, -0.1) is 0 Å². The summed E-state index contributed by atoms with van der Waals surface area (Å²) >= 11 is 5.10. The third-order valence-electron chi connectivity index (χ3n) is 3.93. The SMILES string of the molecule is [B][B]B([B])B(B(B=S)B(B([B])[B])B([B])[B])B(B([B])[B])B([B])[B]. The molecule has 0 fully saturated rings. The molecule has 22 heavy (non-hydrogen) atoms. The van der Waals surface area contributed by atoms with Crippen molar-refractivity contribution in [1.82, 2.24) is 0 Å². The molecule has 0 N–H and O–H groups in total. The zero-order valence-corrected chi connectivity index (χ0v) is 13.3. The van der Waals surface area contributed by atoms with Crippen LogP contribution in [0.5, 0.6) is 0 Å². The Labute approximate surface area is 159 Å². The van der Waals surface area contributed by atoms with Crippen LogP contribution in [0.2, 0.25) is 0 Å². The van der Waals surface area contributed by atoms with E-state index in [0.717, 1.165) is 0 Å². The molecule has 0 saturated carbocycles. The first-order valence-electron chi connectivity index (χ1n) is 6.90. The minimum absolute atomic E-state index is 0.501. The van der Waals surface area contributed by atoms with Crippen molar-refractivity contribution >= 4 is 160 Å². The molecule has 0 bridgehead atoms. The van der Waals surface area contributed by atoms with Crippen LogP contribution in [0.15, 0.2) is 0 Å². The first-order valence-corrected chi connectivity index (χ1v) is 7.37. The van der Waals surface area contributed by atoms with Crippen LogP contribution in [0.4, 0.5) is 0 Å². The second kappa shape index (κ2) is 11.2. The van der Waals surface area contributed by atoms with Gasteiger partial charge in [0.2, 0.25) is 0 Å². The first-order chi connectivity index (χ1) is 10.1. The number of hydrogen-bond acceptors (Lipinski definition) is 1. The van der Waals surface area contributed by atoms with Gasteiger partial charge >= 0.3 is 160 Å². The van der Waals surface area contributed by atoms with Gasteiger partial charge in [0.1, 0.15) is 0 Å². The zero-order valence-electron chi connectivity index (χ0n) is 12.5. The average molecular weight is 259 g/mol. The molecule has 0 nitrogen and oxygen atoms in total. The Kier molecular flexibility index (Phi) is 12.1. The second-order valence-corrected chi connectivity index (χ2v) is 5.80. The summed E-state index contributed by atoms with van der Waals surface area (Å²) < 4.78 is 0. The van der Waals surface area contributed by atoms with E-state index >= 15 is 0 Å². The van der Waals surface area contributed by atoms with Crippen molar-refractivity contribution in [1.29, 1.82) is 0 Å². The summed E-state index contributed by atoms with van der Waals surface area (Å²) in [5.74, 6) is 0. The van der Waals surface area contributed by atoms with Gasteiger partial charge in [-0.3, -0.25) is 0 Å². The van der Waals surface area contributed by atoms with Crippen molar-refractivity contribution in [3.63, 3.8) is 0 Å². The van der Waals surface area contributed by atoms with Crippen LogP contribution >= 0.6 is 12.1 Å². The molecule has 21 radical (unpaired) electrons. The molecule has 0 aliphatic carbocycles. The molecular weight excluding hydrogens is 259 g/mol. The van der Waals surface area contributed by atoms with Crippen LogP contribution in [0.3, 0.4) is 0 Å². The van der Waals surface area contributed by atoms with Gasteiger partial charge in [0.25, 0.3) is 0 Å². The van der Waals surface area contributed by atoms with Crippen LogP contribution in [-0.4, -0.2) is 148 Å². The molecule has 0 aromatic heterocycles. The van der Waals surface area contributed by atoms with E-state index in [0.29, 0.717) is 0 Å². The van der Waals surface area contributed by atoms with E-state index in [-0.39, 0.29) is 0 Å². The quantitative estimate of drug-likeness (QED) is 0.351. The van der Waals surface area contributed by atoms with Gasteiger partial charge in [-0.1, -0.05) is 0 Å². The van der Waals surface area contributed by atoms with Gasteiger partial charge in [0.15, 0.2) is 0 Å². The van der Waals surface area contributed by atoms with Gasteiger partial charge < -0.3 is 0 Å². The molecule has 0 aromatic rings. The van der Waals surface area contributed by atoms with Gasteiger partial charge in [-0.05, 0) is 0 Å². The average Bonchev–Trinajstić information content (AvgIpc) is 2.39. The van der Waals surface area contributed by atoms with Crippen LogP contribution in [0, 0.1) is 0 Å². The Morgan fingerprint density at radius 1 is 0.591 bits per heavy atom. The molecule has 22 heteroatoms. The van der Waals surface area contributed by atoms with E-state index in [1.54, 1.807) is 0 Å².